The van der Waals surface area contributed by atoms with E-state index in [2.05, 4.69) is 46.7 Å². The summed E-state index contributed by atoms with van der Waals surface area (Å²) in [6.07, 6.45) is 6.48. The highest BCUT2D eigenvalue weighted by molar-refractivity contribution is 9.10. The number of hydrogen-bond acceptors (Lipinski definition) is 3. The quantitative estimate of drug-likeness (QED) is 0.380. The molecule has 24 heavy (non-hydrogen) atoms. The Morgan fingerprint density at radius 2 is 2.08 bits per heavy atom. The van der Waals surface area contributed by atoms with E-state index in [-0.39, 0.29) is 6.10 Å². The van der Waals surface area contributed by atoms with Crippen LogP contribution >= 0.6 is 15.9 Å². The fourth-order valence-corrected chi connectivity index (χ4v) is 3.12. The maximum Gasteiger partial charge on any atom is 0.228 e. The summed E-state index contributed by atoms with van der Waals surface area (Å²) >= 11 is 3.58. The van der Waals surface area contributed by atoms with Gasteiger partial charge in [0.1, 0.15) is 6.10 Å². The summed E-state index contributed by atoms with van der Waals surface area (Å²) in [5.74, 6) is 0.681. The predicted octanol–water partition coefficient (Wildman–Crippen LogP) is 5.42. The zero-order valence-electron chi connectivity index (χ0n) is 15.4. The van der Waals surface area contributed by atoms with Gasteiger partial charge in [0.2, 0.25) is 5.88 Å². The van der Waals surface area contributed by atoms with E-state index >= 15 is 0 Å². The lowest BCUT2D eigenvalue weighted by Crippen LogP contribution is -2.22. The molecule has 1 heterocycles. The Morgan fingerprint density at radius 1 is 1.42 bits per heavy atom. The second-order valence-corrected chi connectivity index (χ2v) is 7.47. The molecule has 0 bridgehead atoms. The van der Waals surface area contributed by atoms with Crippen molar-refractivity contribution < 1.29 is 4.74 Å². The van der Waals surface area contributed by atoms with Crippen LogP contribution in [0.15, 0.2) is 26.7 Å². The van der Waals surface area contributed by atoms with Gasteiger partial charge in [-0.25, -0.2) is 9.98 Å². The monoisotopic (exact) mass is 393 g/mol. The van der Waals surface area contributed by atoms with Crippen molar-refractivity contribution in [1.82, 2.24) is 9.88 Å². The van der Waals surface area contributed by atoms with Crippen LogP contribution in [-0.2, 0) is 0 Å². The third-order valence-corrected chi connectivity index (χ3v) is 5.09. The smallest absolute Gasteiger partial charge is 0.228 e. The molecule has 132 valence electrons. The summed E-state index contributed by atoms with van der Waals surface area (Å²) in [5, 5.41) is 0. The normalized spacial score (nSPS) is 18.1. The standard InChI is InChI=1S/C19H28BrN3O/c1-6-23(5)12-21-18-11-17(20)19(22-14(18)4)24-16-9-7-15(8-10-16)13(2)3/h11-12,16H,6-10H2,1-5H3/b21-12+. The van der Waals surface area contributed by atoms with Crippen LogP contribution in [0.5, 0.6) is 5.88 Å². The first kappa shape index (κ1) is 19.0. The van der Waals surface area contributed by atoms with E-state index in [0.29, 0.717) is 5.88 Å². The van der Waals surface area contributed by atoms with Crippen LogP contribution in [0.1, 0.15) is 52.1 Å². The molecule has 1 aromatic heterocycles. The number of aromatic nitrogens is 1. The van der Waals surface area contributed by atoms with Crippen LogP contribution in [0, 0.1) is 6.92 Å². The Kier molecular flexibility index (Phi) is 6.84. The lowest BCUT2D eigenvalue weighted by Gasteiger charge is -2.26. The lowest BCUT2D eigenvalue weighted by molar-refractivity contribution is 0.160. The highest BCUT2D eigenvalue weighted by Gasteiger charge is 2.20. The highest BCUT2D eigenvalue weighted by Crippen LogP contribution is 2.33. The van der Waals surface area contributed by atoms with Gasteiger partial charge < -0.3 is 9.64 Å². The molecule has 0 aliphatic heterocycles. The molecule has 0 atom stereocenters. The largest absolute Gasteiger partial charge is 0.474 e. The first-order chi connectivity index (χ1) is 11.4. The molecular formula is C19H28BrN3O. The van der Waals surface area contributed by atoms with Crippen molar-refractivity contribution in [2.75, 3.05) is 13.6 Å². The van der Waals surface area contributed by atoms with Gasteiger partial charge in [0.25, 0.3) is 0 Å². The number of rotatable bonds is 5. The van der Waals surface area contributed by atoms with Crippen LogP contribution in [0.2, 0.25) is 0 Å². The third kappa shape index (κ3) is 5.07. The van der Waals surface area contributed by atoms with Gasteiger partial charge in [-0.05, 0) is 75.4 Å². The number of aryl methyl sites for hydroxylation is 1. The van der Waals surface area contributed by atoms with Crippen molar-refractivity contribution in [3.63, 3.8) is 0 Å². The van der Waals surface area contributed by atoms with Crippen molar-refractivity contribution in [3.05, 3.63) is 27.4 Å². The van der Waals surface area contributed by atoms with Crippen molar-refractivity contribution >= 4 is 28.0 Å². The van der Waals surface area contributed by atoms with Gasteiger partial charge in [-0.2, -0.15) is 0 Å². The summed E-state index contributed by atoms with van der Waals surface area (Å²) in [4.78, 5) is 11.1. The van der Waals surface area contributed by atoms with Gasteiger partial charge >= 0.3 is 0 Å². The number of allylic oxidation sites excluding steroid dienone is 2. The molecule has 5 heteroatoms. The maximum absolute atomic E-state index is 6.15. The van der Waals surface area contributed by atoms with Crippen LogP contribution in [0.4, 0.5) is 5.69 Å². The van der Waals surface area contributed by atoms with Gasteiger partial charge in [-0.1, -0.05) is 11.1 Å². The maximum atomic E-state index is 6.15. The number of ether oxygens (including phenoxy) is 1. The molecular weight excluding hydrogens is 366 g/mol. The molecule has 1 saturated carbocycles. The fourth-order valence-electron chi connectivity index (χ4n) is 2.72. The van der Waals surface area contributed by atoms with Gasteiger partial charge in [0, 0.05) is 13.6 Å². The fraction of sp³-hybridized carbons (Fsp3) is 0.579. The molecule has 0 amide bonds. The van der Waals surface area contributed by atoms with E-state index in [1.165, 1.54) is 5.57 Å². The number of halogens is 1. The summed E-state index contributed by atoms with van der Waals surface area (Å²) < 4.78 is 7.02. The second kappa shape index (κ2) is 8.65. The van der Waals surface area contributed by atoms with E-state index in [4.69, 9.17) is 4.74 Å². The first-order valence-corrected chi connectivity index (χ1v) is 9.43. The minimum absolute atomic E-state index is 0.247. The van der Waals surface area contributed by atoms with E-state index in [1.807, 2.05) is 31.3 Å². The van der Waals surface area contributed by atoms with Gasteiger partial charge in [0.05, 0.1) is 22.2 Å². The Balaban J connectivity index is 2.06. The zero-order chi connectivity index (χ0) is 17.7. The van der Waals surface area contributed by atoms with Crippen molar-refractivity contribution in [2.45, 2.75) is 59.5 Å². The average Bonchev–Trinajstić information content (AvgIpc) is 2.56. The van der Waals surface area contributed by atoms with Crippen molar-refractivity contribution in [1.29, 1.82) is 0 Å². The summed E-state index contributed by atoms with van der Waals surface area (Å²) in [6, 6.07) is 1.99. The minimum atomic E-state index is 0.247. The summed E-state index contributed by atoms with van der Waals surface area (Å²) in [7, 11) is 2.00. The molecule has 0 radical (unpaired) electrons. The predicted molar refractivity (Wildman–Crippen MR) is 104 cm³/mol. The SMILES string of the molecule is CCN(C)/C=N/c1cc(Br)c(OC2CCC(=C(C)C)CC2)nc1C. The molecule has 0 aromatic carbocycles. The average molecular weight is 394 g/mol. The van der Waals surface area contributed by atoms with Crippen LogP contribution in [-0.4, -0.2) is 35.9 Å². The van der Waals surface area contributed by atoms with Crippen LogP contribution in [0.3, 0.4) is 0 Å². The molecule has 0 N–H and O–H groups in total. The molecule has 1 aromatic rings. The number of nitrogens with zero attached hydrogens (tertiary/aromatic N) is 3. The Hall–Kier alpha value is -1.36. The van der Waals surface area contributed by atoms with Gasteiger partial charge in [0.15, 0.2) is 0 Å². The second-order valence-electron chi connectivity index (χ2n) is 6.62. The number of hydrogen-bond donors (Lipinski definition) is 0. The number of pyridine rings is 1. The first-order valence-electron chi connectivity index (χ1n) is 8.64. The van der Waals surface area contributed by atoms with Gasteiger partial charge in [-0.15, -0.1) is 0 Å². The van der Waals surface area contributed by atoms with Gasteiger partial charge in [-0.3, -0.25) is 0 Å². The topological polar surface area (TPSA) is 37.7 Å². The third-order valence-electron chi connectivity index (χ3n) is 4.52. The zero-order valence-corrected chi connectivity index (χ0v) is 17.0. The Morgan fingerprint density at radius 3 is 2.67 bits per heavy atom. The minimum Gasteiger partial charge on any atom is -0.474 e. The summed E-state index contributed by atoms with van der Waals surface area (Å²) in [6.45, 7) is 9.39. The van der Waals surface area contributed by atoms with Crippen molar-refractivity contribution in [3.8, 4) is 5.88 Å². The van der Waals surface area contributed by atoms with E-state index in [1.54, 1.807) is 5.57 Å². The lowest BCUT2D eigenvalue weighted by atomic mass is 9.90. The van der Waals surface area contributed by atoms with E-state index in [9.17, 15) is 0 Å². The Labute approximate surface area is 154 Å². The summed E-state index contributed by atoms with van der Waals surface area (Å²) in [5.41, 5.74) is 4.80. The van der Waals surface area contributed by atoms with Crippen LogP contribution in [0.25, 0.3) is 0 Å². The molecule has 0 spiro atoms. The molecule has 0 unspecified atom stereocenters. The van der Waals surface area contributed by atoms with E-state index in [0.717, 1.165) is 48.1 Å². The van der Waals surface area contributed by atoms with E-state index < -0.39 is 0 Å². The molecule has 1 aliphatic carbocycles. The molecule has 4 nitrogen and oxygen atoms in total. The molecule has 2 rings (SSSR count). The van der Waals surface area contributed by atoms with Crippen LogP contribution < -0.4 is 4.74 Å². The molecule has 1 aliphatic rings. The Bertz CT molecular complexity index is 626. The van der Waals surface area contributed by atoms with Crippen molar-refractivity contribution in [2.24, 2.45) is 4.99 Å². The number of aliphatic imine (C=N–C) groups is 1. The highest BCUT2D eigenvalue weighted by atomic mass is 79.9. The molecule has 1 fully saturated rings. The molecule has 0 saturated heterocycles.